The number of hydrogen-bond acceptors (Lipinski definition) is 7. The van der Waals surface area contributed by atoms with Crippen LogP contribution in [0.5, 0.6) is 0 Å². The molecule has 2 aromatic heterocycles. The van der Waals surface area contributed by atoms with Crippen molar-refractivity contribution >= 4 is 39.3 Å². The molecule has 0 aliphatic heterocycles. The maximum absolute atomic E-state index is 12.2. The normalized spacial score (nSPS) is 14.8. The van der Waals surface area contributed by atoms with Crippen molar-refractivity contribution in [3.05, 3.63) is 28.1 Å². The van der Waals surface area contributed by atoms with Gasteiger partial charge in [-0.1, -0.05) is 19.3 Å². The quantitative estimate of drug-likeness (QED) is 0.750. The molecule has 1 aliphatic carbocycles. The SMILES string of the molecule is O=C(COC(=O)CCn1cnc2sccc2c1=O)NC(=O)C1CCCCC1. The van der Waals surface area contributed by atoms with Gasteiger partial charge < -0.3 is 4.74 Å². The number of esters is 1. The van der Waals surface area contributed by atoms with Crippen LogP contribution in [0, 0.1) is 5.92 Å². The molecule has 0 bridgehead atoms. The van der Waals surface area contributed by atoms with E-state index in [2.05, 4.69) is 10.3 Å². The summed E-state index contributed by atoms with van der Waals surface area (Å²) in [5, 5.41) is 4.58. The van der Waals surface area contributed by atoms with Crippen LogP contribution in [0.3, 0.4) is 0 Å². The van der Waals surface area contributed by atoms with Crippen LogP contribution in [0.4, 0.5) is 0 Å². The van der Waals surface area contributed by atoms with Crippen LogP contribution >= 0.6 is 11.3 Å². The molecule has 0 saturated heterocycles. The Balaban J connectivity index is 1.42. The predicted octanol–water partition coefficient (Wildman–Crippen LogP) is 1.61. The number of aromatic nitrogens is 2. The van der Waals surface area contributed by atoms with Crippen LogP contribution in [-0.4, -0.2) is 33.9 Å². The highest BCUT2D eigenvalue weighted by molar-refractivity contribution is 7.16. The fraction of sp³-hybridized carbons (Fsp3) is 0.500. The molecule has 1 N–H and O–H groups in total. The van der Waals surface area contributed by atoms with Crippen molar-refractivity contribution in [2.24, 2.45) is 5.92 Å². The van der Waals surface area contributed by atoms with Gasteiger partial charge in [-0.15, -0.1) is 11.3 Å². The lowest BCUT2D eigenvalue weighted by Crippen LogP contribution is -2.39. The Hall–Kier alpha value is -2.55. The average Bonchev–Trinajstić information content (AvgIpc) is 3.16. The van der Waals surface area contributed by atoms with Crippen molar-refractivity contribution in [1.82, 2.24) is 14.9 Å². The number of ether oxygens (including phenoxy) is 1. The van der Waals surface area contributed by atoms with E-state index in [-0.39, 0.29) is 30.3 Å². The number of nitrogens with one attached hydrogen (secondary N) is 1. The molecule has 2 aromatic rings. The maximum atomic E-state index is 12.2. The Labute approximate surface area is 159 Å². The Bertz CT molecular complexity index is 898. The van der Waals surface area contributed by atoms with Gasteiger partial charge in [0.05, 0.1) is 18.1 Å². The molecule has 0 spiro atoms. The van der Waals surface area contributed by atoms with Crippen molar-refractivity contribution in [2.75, 3.05) is 6.61 Å². The first-order valence-corrected chi connectivity index (χ1v) is 9.84. The summed E-state index contributed by atoms with van der Waals surface area (Å²) in [6, 6.07) is 1.69. The van der Waals surface area contributed by atoms with Crippen molar-refractivity contribution in [3.63, 3.8) is 0 Å². The highest BCUT2D eigenvalue weighted by Crippen LogP contribution is 2.23. The van der Waals surface area contributed by atoms with Crippen molar-refractivity contribution in [3.8, 4) is 0 Å². The van der Waals surface area contributed by atoms with E-state index in [0.29, 0.717) is 10.2 Å². The molecular weight excluding hydrogens is 370 g/mol. The van der Waals surface area contributed by atoms with Crippen LogP contribution in [0.1, 0.15) is 38.5 Å². The van der Waals surface area contributed by atoms with Gasteiger partial charge in [-0.2, -0.15) is 0 Å². The van der Waals surface area contributed by atoms with Gasteiger partial charge >= 0.3 is 5.97 Å². The highest BCUT2D eigenvalue weighted by atomic mass is 32.1. The van der Waals surface area contributed by atoms with Gasteiger partial charge in [0.15, 0.2) is 6.61 Å². The monoisotopic (exact) mass is 391 g/mol. The summed E-state index contributed by atoms with van der Waals surface area (Å²) in [5.41, 5.74) is -0.218. The first-order valence-electron chi connectivity index (χ1n) is 8.96. The highest BCUT2D eigenvalue weighted by Gasteiger charge is 2.23. The van der Waals surface area contributed by atoms with Gasteiger partial charge in [-0.05, 0) is 24.3 Å². The predicted molar refractivity (Wildman–Crippen MR) is 99.2 cm³/mol. The Kier molecular flexibility index (Phi) is 6.33. The third kappa shape index (κ3) is 5.00. The molecule has 1 aliphatic rings. The molecule has 8 nitrogen and oxygen atoms in total. The van der Waals surface area contributed by atoms with Crippen molar-refractivity contribution in [2.45, 2.75) is 45.1 Å². The topological polar surface area (TPSA) is 107 Å². The largest absolute Gasteiger partial charge is 0.456 e. The number of nitrogens with zero attached hydrogens (tertiary/aromatic N) is 2. The third-order valence-electron chi connectivity index (χ3n) is 4.61. The smallest absolute Gasteiger partial charge is 0.308 e. The fourth-order valence-electron chi connectivity index (χ4n) is 3.12. The standard InChI is InChI=1S/C18H21N3O5S/c22-14(20-16(24)12-4-2-1-3-5-12)10-26-15(23)6-8-21-11-19-17-13(18(21)25)7-9-27-17/h7,9,11-12H,1-6,8,10H2,(H,20,22,24). The van der Waals surface area contributed by atoms with Crippen molar-refractivity contribution < 1.29 is 19.1 Å². The van der Waals surface area contributed by atoms with E-state index in [4.69, 9.17) is 4.74 Å². The number of aryl methyl sites for hydroxylation is 1. The van der Waals surface area contributed by atoms with Crippen LogP contribution in [-0.2, 0) is 25.7 Å². The molecule has 2 amide bonds. The molecule has 9 heteroatoms. The van der Waals surface area contributed by atoms with Gasteiger partial charge in [0.2, 0.25) is 5.91 Å². The van der Waals surface area contributed by atoms with Gasteiger partial charge in [-0.3, -0.25) is 29.1 Å². The van der Waals surface area contributed by atoms with Gasteiger partial charge in [0, 0.05) is 12.5 Å². The number of amides is 2. The molecule has 27 heavy (non-hydrogen) atoms. The second kappa shape index (κ2) is 8.90. The number of rotatable bonds is 6. The Morgan fingerprint density at radius 1 is 1.26 bits per heavy atom. The van der Waals surface area contributed by atoms with Crippen LogP contribution < -0.4 is 10.9 Å². The van der Waals surface area contributed by atoms with Crippen LogP contribution in [0.15, 0.2) is 22.6 Å². The number of hydrogen-bond donors (Lipinski definition) is 1. The maximum Gasteiger partial charge on any atom is 0.308 e. The molecule has 1 fully saturated rings. The number of fused-ring (bicyclic) bond motifs is 1. The molecule has 0 atom stereocenters. The molecule has 0 aromatic carbocycles. The average molecular weight is 391 g/mol. The Morgan fingerprint density at radius 3 is 2.81 bits per heavy atom. The summed E-state index contributed by atoms with van der Waals surface area (Å²) >= 11 is 1.37. The first-order chi connectivity index (χ1) is 13.0. The lowest BCUT2D eigenvalue weighted by molar-refractivity contribution is -0.150. The molecule has 0 unspecified atom stereocenters. The number of thiophene rings is 1. The number of carbonyl (C=O) groups excluding carboxylic acids is 3. The lowest BCUT2D eigenvalue weighted by atomic mass is 9.89. The van der Waals surface area contributed by atoms with E-state index in [1.807, 2.05) is 0 Å². The van der Waals surface area contributed by atoms with Crippen LogP contribution in [0.25, 0.3) is 10.2 Å². The summed E-state index contributed by atoms with van der Waals surface area (Å²) in [4.78, 5) is 52.6. The van der Waals surface area contributed by atoms with E-state index in [1.165, 1.54) is 22.2 Å². The minimum Gasteiger partial charge on any atom is -0.456 e. The van der Waals surface area contributed by atoms with Gasteiger partial charge in [-0.25, -0.2) is 4.98 Å². The van der Waals surface area contributed by atoms with Crippen molar-refractivity contribution in [1.29, 1.82) is 0 Å². The molecular formula is C18H21N3O5S. The second-order valence-electron chi connectivity index (χ2n) is 6.54. The summed E-state index contributed by atoms with van der Waals surface area (Å²) in [5.74, 6) is -1.67. The van der Waals surface area contributed by atoms with E-state index >= 15 is 0 Å². The summed E-state index contributed by atoms with van der Waals surface area (Å²) in [7, 11) is 0. The van der Waals surface area contributed by atoms with E-state index < -0.39 is 18.5 Å². The molecule has 0 radical (unpaired) electrons. The first kappa shape index (κ1) is 19.2. The molecule has 2 heterocycles. The summed E-state index contributed by atoms with van der Waals surface area (Å²) in [6.45, 7) is -0.396. The zero-order valence-electron chi connectivity index (χ0n) is 14.8. The number of carbonyl (C=O) groups is 3. The Morgan fingerprint density at radius 2 is 2.04 bits per heavy atom. The zero-order chi connectivity index (χ0) is 19.2. The fourth-order valence-corrected chi connectivity index (χ4v) is 3.85. The van der Waals surface area contributed by atoms with Gasteiger partial charge in [0.25, 0.3) is 11.5 Å². The molecule has 3 rings (SSSR count). The zero-order valence-corrected chi connectivity index (χ0v) is 15.6. The minimum absolute atomic E-state index is 0.0684. The minimum atomic E-state index is -0.627. The van der Waals surface area contributed by atoms with E-state index in [1.54, 1.807) is 11.4 Å². The van der Waals surface area contributed by atoms with Crippen LogP contribution in [0.2, 0.25) is 0 Å². The molecule has 144 valence electrons. The molecule has 1 saturated carbocycles. The third-order valence-corrected chi connectivity index (χ3v) is 5.43. The number of imide groups is 1. The lowest BCUT2D eigenvalue weighted by Gasteiger charge is -2.20. The summed E-state index contributed by atoms with van der Waals surface area (Å²) in [6.07, 6.45) is 6.00. The second-order valence-corrected chi connectivity index (χ2v) is 7.44. The van der Waals surface area contributed by atoms with E-state index in [0.717, 1.165) is 32.1 Å². The summed E-state index contributed by atoms with van der Waals surface area (Å²) < 4.78 is 6.23. The van der Waals surface area contributed by atoms with Gasteiger partial charge in [0.1, 0.15) is 4.83 Å². The van der Waals surface area contributed by atoms with E-state index in [9.17, 15) is 19.2 Å².